The van der Waals surface area contributed by atoms with E-state index < -0.39 is 0 Å². The second-order valence-electron chi connectivity index (χ2n) is 9.53. The van der Waals surface area contributed by atoms with Crippen molar-refractivity contribution in [1.82, 2.24) is 5.32 Å². The van der Waals surface area contributed by atoms with Gasteiger partial charge in [0.05, 0.1) is 0 Å². The van der Waals surface area contributed by atoms with Crippen LogP contribution in [-0.2, 0) is 0 Å². The predicted molar refractivity (Wildman–Crippen MR) is 92.7 cm³/mol. The molecule has 5 aliphatic rings. The Hall–Kier alpha value is 0.310. The van der Waals surface area contributed by atoms with Gasteiger partial charge in [-0.05, 0) is 86.2 Å². The Morgan fingerprint density at radius 3 is 2.10 bits per heavy atom. The predicted octanol–water partition coefficient (Wildman–Crippen LogP) is 4.71. The first-order valence-corrected chi connectivity index (χ1v) is 10.5. The topological polar surface area (TPSA) is 12.0 Å². The second kappa shape index (κ2) is 5.16. The molecule has 0 amide bonds. The fourth-order valence-corrected chi connectivity index (χ4v) is 8.02. The highest BCUT2D eigenvalue weighted by Gasteiger charge is 2.53. The maximum atomic E-state index is 4.15. The SMILES string of the molecule is CC(NC1CSCCC1(C)C)C12CC3CC(CC(C3)C1)C2. The summed E-state index contributed by atoms with van der Waals surface area (Å²) in [5.74, 6) is 5.92. The van der Waals surface area contributed by atoms with Gasteiger partial charge in [-0.25, -0.2) is 0 Å². The molecular weight excluding hydrogens is 274 g/mol. The molecule has 0 aromatic carbocycles. The van der Waals surface area contributed by atoms with Gasteiger partial charge in [0.25, 0.3) is 0 Å². The molecule has 0 radical (unpaired) electrons. The van der Waals surface area contributed by atoms with Crippen molar-refractivity contribution in [3.05, 3.63) is 0 Å². The van der Waals surface area contributed by atoms with E-state index in [0.29, 0.717) is 10.8 Å². The Balaban J connectivity index is 1.48. The van der Waals surface area contributed by atoms with Crippen LogP contribution in [0.4, 0.5) is 0 Å². The summed E-state index contributed by atoms with van der Waals surface area (Å²) in [4.78, 5) is 0. The van der Waals surface area contributed by atoms with Crippen LogP contribution in [0.15, 0.2) is 0 Å². The van der Waals surface area contributed by atoms with Gasteiger partial charge in [0.1, 0.15) is 0 Å². The summed E-state index contributed by atoms with van der Waals surface area (Å²) in [5.41, 5.74) is 1.15. The zero-order chi connectivity index (χ0) is 14.7. The van der Waals surface area contributed by atoms with Crippen LogP contribution >= 0.6 is 11.8 Å². The quantitative estimate of drug-likeness (QED) is 0.810. The summed E-state index contributed by atoms with van der Waals surface area (Å²) >= 11 is 2.16. The molecule has 5 rings (SSSR count). The first-order valence-electron chi connectivity index (χ1n) is 9.31. The van der Waals surface area contributed by atoms with Crippen molar-refractivity contribution in [1.29, 1.82) is 0 Å². The maximum absolute atomic E-state index is 4.15. The minimum atomic E-state index is 0.488. The van der Waals surface area contributed by atoms with Gasteiger partial charge >= 0.3 is 0 Å². The molecule has 2 unspecified atom stereocenters. The Kier molecular flexibility index (Phi) is 3.65. The molecule has 1 heterocycles. The van der Waals surface area contributed by atoms with Crippen LogP contribution in [0, 0.1) is 28.6 Å². The lowest BCUT2D eigenvalue weighted by Crippen LogP contribution is -2.59. The lowest BCUT2D eigenvalue weighted by atomic mass is 9.48. The average Bonchev–Trinajstić information content (AvgIpc) is 2.39. The largest absolute Gasteiger partial charge is 0.310 e. The Bertz CT molecular complexity index is 367. The van der Waals surface area contributed by atoms with E-state index in [4.69, 9.17) is 0 Å². The highest BCUT2D eigenvalue weighted by molar-refractivity contribution is 7.99. The molecule has 5 fully saturated rings. The molecule has 4 bridgehead atoms. The van der Waals surface area contributed by atoms with Gasteiger partial charge in [0, 0.05) is 17.8 Å². The fraction of sp³-hybridized carbons (Fsp3) is 1.00. The molecule has 2 atom stereocenters. The number of nitrogens with one attached hydrogen (secondary N) is 1. The number of rotatable bonds is 3. The van der Waals surface area contributed by atoms with E-state index >= 15 is 0 Å². The highest BCUT2D eigenvalue weighted by atomic mass is 32.2. The lowest BCUT2D eigenvalue weighted by molar-refractivity contribution is -0.0739. The molecule has 21 heavy (non-hydrogen) atoms. The molecule has 4 aliphatic carbocycles. The first kappa shape index (κ1) is 14.9. The molecule has 1 nitrogen and oxygen atoms in total. The molecule has 120 valence electrons. The number of hydrogen-bond acceptors (Lipinski definition) is 2. The zero-order valence-corrected chi connectivity index (χ0v) is 15.0. The van der Waals surface area contributed by atoms with Gasteiger partial charge in [-0.2, -0.15) is 11.8 Å². The van der Waals surface area contributed by atoms with E-state index in [-0.39, 0.29) is 0 Å². The zero-order valence-electron chi connectivity index (χ0n) is 14.2. The normalized spacial score (nSPS) is 49.3. The van der Waals surface area contributed by atoms with Crippen LogP contribution in [0.25, 0.3) is 0 Å². The molecule has 1 aliphatic heterocycles. The highest BCUT2D eigenvalue weighted by Crippen LogP contribution is 2.61. The van der Waals surface area contributed by atoms with Crippen LogP contribution in [0.5, 0.6) is 0 Å². The Morgan fingerprint density at radius 2 is 1.57 bits per heavy atom. The van der Waals surface area contributed by atoms with E-state index in [1.54, 1.807) is 19.3 Å². The third-order valence-corrected chi connectivity index (χ3v) is 8.64. The monoisotopic (exact) mass is 307 g/mol. The molecular formula is C19H33NS. The Labute approximate surface area is 135 Å². The summed E-state index contributed by atoms with van der Waals surface area (Å²) < 4.78 is 0. The summed E-state index contributed by atoms with van der Waals surface area (Å²) in [7, 11) is 0. The van der Waals surface area contributed by atoms with Gasteiger partial charge in [0.2, 0.25) is 0 Å². The van der Waals surface area contributed by atoms with Crippen LogP contribution in [0.2, 0.25) is 0 Å². The van der Waals surface area contributed by atoms with Crippen LogP contribution in [0.1, 0.15) is 65.7 Å². The minimum Gasteiger partial charge on any atom is -0.310 e. The van der Waals surface area contributed by atoms with E-state index in [2.05, 4.69) is 37.8 Å². The van der Waals surface area contributed by atoms with Crippen molar-refractivity contribution in [2.45, 2.75) is 77.8 Å². The molecule has 0 spiro atoms. The summed E-state index contributed by atoms with van der Waals surface area (Å²) in [6.07, 6.45) is 10.7. The van der Waals surface area contributed by atoms with Crippen molar-refractivity contribution in [2.24, 2.45) is 28.6 Å². The minimum absolute atomic E-state index is 0.488. The number of hydrogen-bond donors (Lipinski definition) is 1. The lowest BCUT2D eigenvalue weighted by Gasteiger charge is -2.60. The summed E-state index contributed by atoms with van der Waals surface area (Å²) in [6.45, 7) is 7.50. The summed E-state index contributed by atoms with van der Waals surface area (Å²) in [5, 5.41) is 4.15. The molecule has 1 N–H and O–H groups in total. The summed E-state index contributed by atoms with van der Waals surface area (Å²) in [6, 6.07) is 1.45. The Morgan fingerprint density at radius 1 is 1.00 bits per heavy atom. The van der Waals surface area contributed by atoms with Crippen molar-refractivity contribution in [2.75, 3.05) is 11.5 Å². The van der Waals surface area contributed by atoms with Crippen molar-refractivity contribution in [3.63, 3.8) is 0 Å². The van der Waals surface area contributed by atoms with Crippen molar-refractivity contribution in [3.8, 4) is 0 Å². The first-order chi connectivity index (χ1) is 9.97. The van der Waals surface area contributed by atoms with Gasteiger partial charge in [-0.3, -0.25) is 0 Å². The third kappa shape index (κ3) is 2.59. The molecule has 0 aromatic heterocycles. The average molecular weight is 308 g/mol. The van der Waals surface area contributed by atoms with E-state index in [9.17, 15) is 0 Å². The third-order valence-electron chi connectivity index (χ3n) is 7.57. The number of thioether (sulfide) groups is 1. The van der Waals surface area contributed by atoms with Crippen LogP contribution in [0.3, 0.4) is 0 Å². The van der Waals surface area contributed by atoms with E-state index in [1.165, 1.54) is 37.2 Å². The smallest absolute Gasteiger partial charge is 0.0212 e. The molecule has 2 heteroatoms. The van der Waals surface area contributed by atoms with Gasteiger partial charge in [-0.15, -0.1) is 0 Å². The van der Waals surface area contributed by atoms with Gasteiger partial charge < -0.3 is 5.32 Å². The molecule has 0 aromatic rings. The van der Waals surface area contributed by atoms with Gasteiger partial charge in [0.15, 0.2) is 0 Å². The van der Waals surface area contributed by atoms with Crippen LogP contribution < -0.4 is 5.32 Å². The second-order valence-corrected chi connectivity index (χ2v) is 10.7. The van der Waals surface area contributed by atoms with Crippen LogP contribution in [-0.4, -0.2) is 23.6 Å². The van der Waals surface area contributed by atoms with E-state index in [1.807, 2.05) is 0 Å². The van der Waals surface area contributed by atoms with Gasteiger partial charge in [-0.1, -0.05) is 13.8 Å². The molecule has 4 saturated carbocycles. The molecule has 1 saturated heterocycles. The van der Waals surface area contributed by atoms with Crippen molar-refractivity contribution >= 4 is 11.8 Å². The maximum Gasteiger partial charge on any atom is 0.0212 e. The van der Waals surface area contributed by atoms with Crippen molar-refractivity contribution < 1.29 is 0 Å². The standard InChI is InChI=1S/C19H33NS/c1-13(20-17-12-21-5-4-18(17,2)3)19-9-14-6-15(10-19)8-16(7-14)11-19/h13-17,20H,4-12H2,1-3H3. The van der Waals surface area contributed by atoms with E-state index in [0.717, 1.165) is 29.8 Å². The fourth-order valence-electron chi connectivity index (χ4n) is 6.40.